The maximum absolute atomic E-state index is 12.4. The van der Waals surface area contributed by atoms with E-state index in [1.165, 1.54) is 16.7 Å². The quantitative estimate of drug-likeness (QED) is 0.682. The first-order chi connectivity index (χ1) is 11.5. The van der Waals surface area contributed by atoms with Crippen molar-refractivity contribution in [1.82, 2.24) is 24.9 Å². The van der Waals surface area contributed by atoms with Crippen molar-refractivity contribution in [3.8, 4) is 5.88 Å². The van der Waals surface area contributed by atoms with Gasteiger partial charge in [-0.05, 0) is 0 Å². The van der Waals surface area contributed by atoms with Crippen molar-refractivity contribution < 1.29 is 19.1 Å². The number of carbonyl (C=O) groups excluding carboxylic acids is 2. The van der Waals surface area contributed by atoms with Crippen LogP contribution in [-0.4, -0.2) is 91.5 Å². The number of hydrogen-bond donors (Lipinski definition) is 1. The first-order valence-electron chi connectivity index (χ1n) is 7.91. The Balaban J connectivity index is 1.76. The number of aromatic nitrogens is 2. The van der Waals surface area contributed by atoms with Crippen molar-refractivity contribution in [1.29, 1.82) is 0 Å². The summed E-state index contributed by atoms with van der Waals surface area (Å²) in [4.78, 5) is 28.0. The Hall–Kier alpha value is -2.13. The van der Waals surface area contributed by atoms with Gasteiger partial charge in [-0.3, -0.25) is 19.2 Å². The van der Waals surface area contributed by atoms with Gasteiger partial charge in [0.05, 0.1) is 26.9 Å². The van der Waals surface area contributed by atoms with Crippen molar-refractivity contribution in [2.24, 2.45) is 7.05 Å². The molecule has 0 bridgehead atoms. The van der Waals surface area contributed by atoms with Crippen LogP contribution in [0.1, 0.15) is 10.4 Å². The molecule has 1 saturated heterocycles. The summed E-state index contributed by atoms with van der Waals surface area (Å²) in [6, 6.07) is 0. The normalized spacial score (nSPS) is 15.1. The van der Waals surface area contributed by atoms with E-state index in [9.17, 15) is 9.59 Å². The van der Waals surface area contributed by atoms with Crippen LogP contribution in [0.5, 0.6) is 5.88 Å². The lowest BCUT2D eigenvalue weighted by Crippen LogP contribution is -2.43. The molecule has 1 aliphatic rings. The maximum Gasteiger partial charge on any atom is 0.261 e. The molecule has 0 unspecified atom stereocenters. The SMILES string of the molecule is COc1nn(C)cc1C(=O)N(C)CC(=O)NCCN1CCOCC1. The molecule has 1 fully saturated rings. The molecule has 2 rings (SSSR count). The van der Waals surface area contributed by atoms with Crippen LogP contribution in [0.4, 0.5) is 0 Å². The molecule has 1 aliphatic heterocycles. The molecule has 24 heavy (non-hydrogen) atoms. The van der Waals surface area contributed by atoms with E-state index in [-0.39, 0.29) is 24.2 Å². The Morgan fingerprint density at radius 1 is 1.42 bits per heavy atom. The second-order valence-electron chi connectivity index (χ2n) is 5.69. The highest BCUT2D eigenvalue weighted by molar-refractivity contribution is 5.98. The Kier molecular flexibility index (Phi) is 6.56. The summed E-state index contributed by atoms with van der Waals surface area (Å²) in [6.07, 6.45) is 1.58. The minimum Gasteiger partial charge on any atom is -0.479 e. The average Bonchev–Trinajstić information content (AvgIpc) is 2.96. The van der Waals surface area contributed by atoms with Crippen molar-refractivity contribution in [3.63, 3.8) is 0 Å². The predicted octanol–water partition coefficient (Wildman–Crippen LogP) is -1.05. The molecular formula is C15H25N5O4. The van der Waals surface area contributed by atoms with Gasteiger partial charge in [0.25, 0.3) is 5.91 Å². The Morgan fingerprint density at radius 2 is 2.12 bits per heavy atom. The van der Waals surface area contributed by atoms with Crippen LogP contribution >= 0.6 is 0 Å². The van der Waals surface area contributed by atoms with E-state index in [0.717, 1.165) is 32.8 Å². The van der Waals surface area contributed by atoms with Crippen molar-refractivity contribution in [2.75, 3.05) is 60.1 Å². The second kappa shape index (κ2) is 8.65. The molecule has 1 N–H and O–H groups in total. The molecule has 1 aromatic heterocycles. The highest BCUT2D eigenvalue weighted by atomic mass is 16.5. The Morgan fingerprint density at radius 3 is 2.79 bits per heavy atom. The lowest BCUT2D eigenvalue weighted by atomic mass is 10.3. The number of nitrogens with zero attached hydrogens (tertiary/aromatic N) is 4. The fraction of sp³-hybridized carbons (Fsp3) is 0.667. The minimum atomic E-state index is -0.303. The van der Waals surface area contributed by atoms with Crippen molar-refractivity contribution in [2.45, 2.75) is 0 Å². The number of rotatable bonds is 7. The van der Waals surface area contributed by atoms with Crippen LogP contribution in [0.3, 0.4) is 0 Å². The Bertz CT molecular complexity index is 568. The molecule has 134 valence electrons. The highest BCUT2D eigenvalue weighted by Crippen LogP contribution is 2.16. The molecular weight excluding hydrogens is 314 g/mol. The lowest BCUT2D eigenvalue weighted by molar-refractivity contribution is -0.121. The van der Waals surface area contributed by atoms with E-state index in [0.29, 0.717) is 12.1 Å². The summed E-state index contributed by atoms with van der Waals surface area (Å²) >= 11 is 0. The van der Waals surface area contributed by atoms with E-state index >= 15 is 0 Å². The summed E-state index contributed by atoms with van der Waals surface area (Å²) in [5.41, 5.74) is 0.337. The van der Waals surface area contributed by atoms with E-state index in [1.807, 2.05) is 0 Å². The fourth-order valence-corrected chi connectivity index (χ4v) is 2.49. The summed E-state index contributed by atoms with van der Waals surface area (Å²) in [6.45, 7) is 4.56. The van der Waals surface area contributed by atoms with Crippen molar-refractivity contribution >= 4 is 11.8 Å². The molecule has 1 aromatic rings. The smallest absolute Gasteiger partial charge is 0.261 e. The number of nitrogens with one attached hydrogen (secondary N) is 1. The van der Waals surface area contributed by atoms with Gasteiger partial charge in [0.15, 0.2) is 0 Å². The van der Waals surface area contributed by atoms with Gasteiger partial charge in [0.1, 0.15) is 5.56 Å². The number of carbonyl (C=O) groups is 2. The van der Waals surface area contributed by atoms with Crippen LogP contribution in [0, 0.1) is 0 Å². The number of morpholine rings is 1. The van der Waals surface area contributed by atoms with E-state index in [2.05, 4.69) is 15.3 Å². The number of aryl methyl sites for hydroxylation is 1. The molecule has 9 heteroatoms. The predicted molar refractivity (Wildman–Crippen MR) is 87.0 cm³/mol. The molecule has 0 aromatic carbocycles. The average molecular weight is 339 g/mol. The largest absolute Gasteiger partial charge is 0.479 e. The molecule has 0 aliphatic carbocycles. The standard InChI is InChI=1S/C15H25N5O4/c1-18(15(22)12-10-19(2)17-14(12)23-3)11-13(21)16-4-5-20-6-8-24-9-7-20/h10H,4-9,11H2,1-3H3,(H,16,21). The molecule has 0 saturated carbocycles. The third-order valence-corrected chi connectivity index (χ3v) is 3.80. The van der Waals surface area contributed by atoms with Gasteiger partial charge in [-0.25, -0.2) is 0 Å². The number of amides is 2. The van der Waals surface area contributed by atoms with Crippen LogP contribution < -0.4 is 10.1 Å². The van der Waals surface area contributed by atoms with Crippen LogP contribution in [0.2, 0.25) is 0 Å². The van der Waals surface area contributed by atoms with Crippen LogP contribution in [-0.2, 0) is 16.6 Å². The maximum atomic E-state index is 12.4. The summed E-state index contributed by atoms with van der Waals surface area (Å²) in [7, 11) is 4.74. The van der Waals surface area contributed by atoms with Gasteiger partial charge in [-0.1, -0.05) is 0 Å². The van der Waals surface area contributed by atoms with Gasteiger partial charge in [-0.15, -0.1) is 5.10 Å². The topological polar surface area (TPSA) is 88.9 Å². The van der Waals surface area contributed by atoms with Gasteiger partial charge >= 0.3 is 0 Å². The fourth-order valence-electron chi connectivity index (χ4n) is 2.49. The molecule has 2 heterocycles. The first-order valence-corrected chi connectivity index (χ1v) is 7.91. The molecule has 9 nitrogen and oxygen atoms in total. The van der Waals surface area contributed by atoms with Gasteiger partial charge in [0, 0.05) is 46.5 Å². The summed E-state index contributed by atoms with van der Waals surface area (Å²) < 4.78 is 11.9. The van der Waals surface area contributed by atoms with E-state index in [4.69, 9.17) is 9.47 Å². The van der Waals surface area contributed by atoms with Gasteiger partial charge in [0.2, 0.25) is 11.8 Å². The number of hydrogen-bond acceptors (Lipinski definition) is 6. The summed E-state index contributed by atoms with van der Waals surface area (Å²) in [5, 5.41) is 6.88. The van der Waals surface area contributed by atoms with Crippen LogP contribution in [0.25, 0.3) is 0 Å². The molecule has 0 atom stereocenters. The summed E-state index contributed by atoms with van der Waals surface area (Å²) in [5.74, 6) is -0.243. The highest BCUT2D eigenvalue weighted by Gasteiger charge is 2.21. The first kappa shape index (κ1) is 18.2. The van der Waals surface area contributed by atoms with Crippen molar-refractivity contribution in [3.05, 3.63) is 11.8 Å². The van der Waals surface area contributed by atoms with Crippen LogP contribution in [0.15, 0.2) is 6.20 Å². The number of ether oxygens (including phenoxy) is 2. The lowest BCUT2D eigenvalue weighted by Gasteiger charge is -2.26. The Labute approximate surface area is 141 Å². The number of likely N-dealkylation sites (N-methyl/N-ethyl adjacent to an activating group) is 1. The molecule has 0 radical (unpaired) electrons. The second-order valence-corrected chi connectivity index (χ2v) is 5.69. The monoisotopic (exact) mass is 339 g/mol. The number of methoxy groups -OCH3 is 1. The molecule has 2 amide bonds. The third-order valence-electron chi connectivity index (χ3n) is 3.80. The van der Waals surface area contributed by atoms with Gasteiger partial charge < -0.3 is 19.7 Å². The molecule has 0 spiro atoms. The van der Waals surface area contributed by atoms with Gasteiger partial charge in [-0.2, -0.15) is 0 Å². The zero-order valence-electron chi connectivity index (χ0n) is 14.4. The zero-order chi connectivity index (χ0) is 17.5. The zero-order valence-corrected chi connectivity index (χ0v) is 14.4. The minimum absolute atomic E-state index is 0.0139. The van der Waals surface area contributed by atoms with E-state index in [1.54, 1.807) is 20.3 Å². The van der Waals surface area contributed by atoms with E-state index < -0.39 is 0 Å². The third kappa shape index (κ3) is 4.93.